The molecule has 2 N–H and O–H groups in total. The fourth-order valence-electron chi connectivity index (χ4n) is 2.40. The number of rotatable bonds is 4. The Morgan fingerprint density at radius 1 is 1.32 bits per heavy atom. The maximum absolute atomic E-state index is 12.5. The van der Waals surface area contributed by atoms with Crippen LogP contribution in [0, 0.1) is 5.92 Å². The van der Waals surface area contributed by atoms with Gasteiger partial charge in [-0.1, -0.05) is 12.1 Å². The first-order chi connectivity index (χ1) is 9.24. The van der Waals surface area contributed by atoms with Crippen LogP contribution in [0.5, 0.6) is 5.75 Å². The van der Waals surface area contributed by atoms with Crippen molar-refractivity contribution in [3.8, 4) is 5.75 Å². The minimum atomic E-state index is 0.0411. The Morgan fingerprint density at radius 3 is 2.79 bits per heavy atom. The third-order valence-corrected chi connectivity index (χ3v) is 3.80. The van der Waals surface area contributed by atoms with E-state index in [1.54, 1.807) is 0 Å². The molecule has 2 fully saturated rings. The predicted molar refractivity (Wildman–Crippen MR) is 73.2 cm³/mol. The van der Waals surface area contributed by atoms with Crippen molar-refractivity contribution < 1.29 is 9.53 Å². The Hall–Kier alpha value is -1.55. The lowest BCUT2D eigenvalue weighted by molar-refractivity contribution is 0.0786. The Morgan fingerprint density at radius 2 is 2.11 bits per heavy atom. The second-order valence-electron chi connectivity index (χ2n) is 5.55. The molecule has 0 spiro atoms. The molecular formula is C15H20N2O2. The average Bonchev–Trinajstić information content (AvgIpc) is 3.16. The monoisotopic (exact) mass is 260 g/mol. The Labute approximate surface area is 113 Å². The molecule has 4 nitrogen and oxygen atoms in total. The van der Waals surface area contributed by atoms with Gasteiger partial charge in [0, 0.05) is 19.1 Å². The van der Waals surface area contributed by atoms with E-state index < -0.39 is 0 Å². The minimum absolute atomic E-state index is 0.0411. The molecule has 1 atom stereocenters. The highest BCUT2D eigenvalue weighted by Crippen LogP contribution is 2.30. The van der Waals surface area contributed by atoms with Gasteiger partial charge in [0.2, 0.25) is 0 Å². The van der Waals surface area contributed by atoms with Crippen LogP contribution in [-0.2, 0) is 0 Å². The number of ether oxygens (including phenoxy) is 1. The van der Waals surface area contributed by atoms with E-state index in [4.69, 9.17) is 10.5 Å². The molecule has 1 amide bonds. The number of para-hydroxylation sites is 1. The fourth-order valence-corrected chi connectivity index (χ4v) is 2.40. The van der Waals surface area contributed by atoms with Gasteiger partial charge in [-0.05, 0) is 37.3 Å². The van der Waals surface area contributed by atoms with E-state index >= 15 is 0 Å². The summed E-state index contributed by atoms with van der Waals surface area (Å²) in [4.78, 5) is 14.3. The zero-order valence-corrected chi connectivity index (χ0v) is 11.0. The number of nitrogens with two attached hydrogens (primary N) is 1. The van der Waals surface area contributed by atoms with E-state index in [1.165, 1.54) is 12.8 Å². The second-order valence-corrected chi connectivity index (χ2v) is 5.55. The van der Waals surface area contributed by atoms with Crippen molar-refractivity contribution in [1.29, 1.82) is 0 Å². The van der Waals surface area contributed by atoms with Crippen LogP contribution in [0.2, 0.25) is 0 Å². The lowest BCUT2D eigenvalue weighted by atomic mass is 10.1. The average molecular weight is 260 g/mol. The van der Waals surface area contributed by atoms with E-state index in [9.17, 15) is 4.79 Å². The maximum Gasteiger partial charge on any atom is 0.257 e. The molecule has 1 aliphatic heterocycles. The minimum Gasteiger partial charge on any atom is -0.492 e. The van der Waals surface area contributed by atoms with Crippen LogP contribution in [0.15, 0.2) is 24.3 Å². The summed E-state index contributed by atoms with van der Waals surface area (Å²) in [5, 5.41) is 0. The molecule has 4 heteroatoms. The van der Waals surface area contributed by atoms with Crippen LogP contribution in [0.4, 0.5) is 0 Å². The normalized spacial score (nSPS) is 22.6. The molecular weight excluding hydrogens is 240 g/mol. The SMILES string of the molecule is N[C@H]1CCN(C(=O)c2ccccc2OCC2CC2)C1. The number of benzene rings is 1. The summed E-state index contributed by atoms with van der Waals surface area (Å²) in [6, 6.07) is 7.63. The second kappa shape index (κ2) is 5.21. The highest BCUT2D eigenvalue weighted by atomic mass is 16.5. The van der Waals surface area contributed by atoms with Gasteiger partial charge in [-0.2, -0.15) is 0 Å². The molecule has 19 heavy (non-hydrogen) atoms. The van der Waals surface area contributed by atoms with Gasteiger partial charge in [-0.15, -0.1) is 0 Å². The highest BCUT2D eigenvalue weighted by Gasteiger charge is 2.27. The van der Waals surface area contributed by atoms with Gasteiger partial charge in [0.05, 0.1) is 12.2 Å². The highest BCUT2D eigenvalue weighted by molar-refractivity contribution is 5.97. The van der Waals surface area contributed by atoms with E-state index in [0.717, 1.165) is 19.6 Å². The van der Waals surface area contributed by atoms with Gasteiger partial charge < -0.3 is 15.4 Å². The van der Waals surface area contributed by atoms with Crippen LogP contribution < -0.4 is 10.5 Å². The summed E-state index contributed by atoms with van der Waals surface area (Å²) in [5.41, 5.74) is 6.52. The number of hydrogen-bond acceptors (Lipinski definition) is 3. The van der Waals surface area contributed by atoms with Crippen LogP contribution >= 0.6 is 0 Å². The molecule has 1 aromatic rings. The first-order valence-electron chi connectivity index (χ1n) is 7.00. The summed E-state index contributed by atoms with van der Waals surface area (Å²) in [6.45, 7) is 2.12. The van der Waals surface area contributed by atoms with Crippen molar-refractivity contribution in [2.45, 2.75) is 25.3 Å². The van der Waals surface area contributed by atoms with Crippen LogP contribution in [0.25, 0.3) is 0 Å². The molecule has 1 saturated heterocycles. The zero-order valence-electron chi connectivity index (χ0n) is 11.0. The van der Waals surface area contributed by atoms with Crippen LogP contribution in [-0.4, -0.2) is 36.5 Å². The first kappa shape index (κ1) is 12.5. The number of likely N-dealkylation sites (tertiary alicyclic amines) is 1. The smallest absolute Gasteiger partial charge is 0.257 e. The van der Waals surface area contributed by atoms with Gasteiger partial charge in [0.15, 0.2) is 0 Å². The molecule has 1 heterocycles. The summed E-state index contributed by atoms with van der Waals surface area (Å²) in [5.74, 6) is 1.43. The lowest BCUT2D eigenvalue weighted by Gasteiger charge is -2.18. The third-order valence-electron chi connectivity index (χ3n) is 3.80. The van der Waals surface area contributed by atoms with Crippen molar-refractivity contribution in [1.82, 2.24) is 4.90 Å². The van der Waals surface area contributed by atoms with Crippen LogP contribution in [0.1, 0.15) is 29.6 Å². The number of amides is 1. The van der Waals surface area contributed by atoms with Gasteiger partial charge in [0.1, 0.15) is 5.75 Å². The van der Waals surface area contributed by atoms with Crippen molar-refractivity contribution in [3.63, 3.8) is 0 Å². The van der Waals surface area contributed by atoms with Gasteiger partial charge >= 0.3 is 0 Å². The summed E-state index contributed by atoms with van der Waals surface area (Å²) in [7, 11) is 0. The third kappa shape index (κ3) is 2.89. The van der Waals surface area contributed by atoms with Crippen LogP contribution in [0.3, 0.4) is 0 Å². The quantitative estimate of drug-likeness (QED) is 0.895. The van der Waals surface area contributed by atoms with E-state index in [1.807, 2.05) is 29.2 Å². The Kier molecular flexibility index (Phi) is 3.42. The van der Waals surface area contributed by atoms with Crippen molar-refractivity contribution in [3.05, 3.63) is 29.8 Å². The molecule has 1 aliphatic carbocycles. The van der Waals surface area contributed by atoms with Gasteiger partial charge in [-0.25, -0.2) is 0 Å². The molecule has 0 unspecified atom stereocenters. The Bertz CT molecular complexity index is 471. The predicted octanol–water partition coefficient (Wildman–Crippen LogP) is 1.65. The largest absolute Gasteiger partial charge is 0.492 e. The van der Waals surface area contributed by atoms with Gasteiger partial charge in [-0.3, -0.25) is 4.79 Å². The summed E-state index contributed by atoms with van der Waals surface area (Å²) < 4.78 is 5.79. The number of nitrogens with zero attached hydrogens (tertiary/aromatic N) is 1. The van der Waals surface area contributed by atoms with E-state index in [0.29, 0.717) is 23.8 Å². The topological polar surface area (TPSA) is 55.6 Å². The maximum atomic E-state index is 12.5. The summed E-state index contributed by atoms with van der Waals surface area (Å²) >= 11 is 0. The van der Waals surface area contributed by atoms with E-state index in [-0.39, 0.29) is 11.9 Å². The van der Waals surface area contributed by atoms with Crippen molar-refractivity contribution >= 4 is 5.91 Å². The molecule has 0 aromatic heterocycles. The molecule has 2 aliphatic rings. The molecule has 1 saturated carbocycles. The standard InChI is InChI=1S/C15H20N2O2/c16-12-7-8-17(9-12)15(18)13-3-1-2-4-14(13)19-10-11-5-6-11/h1-4,11-12H,5-10,16H2/t12-/m0/s1. The zero-order chi connectivity index (χ0) is 13.2. The lowest BCUT2D eigenvalue weighted by Crippen LogP contribution is -2.32. The van der Waals surface area contributed by atoms with Gasteiger partial charge in [0.25, 0.3) is 5.91 Å². The number of hydrogen-bond donors (Lipinski definition) is 1. The number of carbonyl (C=O) groups excluding carboxylic acids is 1. The Balaban J connectivity index is 1.72. The van der Waals surface area contributed by atoms with Crippen molar-refractivity contribution in [2.24, 2.45) is 11.7 Å². The number of carbonyl (C=O) groups is 1. The summed E-state index contributed by atoms with van der Waals surface area (Å²) in [6.07, 6.45) is 3.38. The molecule has 0 radical (unpaired) electrons. The first-order valence-corrected chi connectivity index (χ1v) is 7.00. The molecule has 1 aromatic carbocycles. The molecule has 102 valence electrons. The molecule has 0 bridgehead atoms. The van der Waals surface area contributed by atoms with Crippen molar-refractivity contribution in [2.75, 3.05) is 19.7 Å². The molecule has 3 rings (SSSR count). The fraction of sp³-hybridized carbons (Fsp3) is 0.533. The van der Waals surface area contributed by atoms with E-state index in [2.05, 4.69) is 0 Å².